The minimum Gasteiger partial charge on any atom is -0.479 e. The van der Waals surface area contributed by atoms with Crippen molar-refractivity contribution in [2.24, 2.45) is 0 Å². The molecule has 5 heteroatoms. The van der Waals surface area contributed by atoms with E-state index in [4.69, 9.17) is 10.2 Å². The van der Waals surface area contributed by atoms with Gasteiger partial charge in [0.1, 0.15) is 0 Å². The maximum atomic E-state index is 10.6. The average Bonchev–Trinajstić information content (AvgIpc) is 1.80. The van der Waals surface area contributed by atoms with E-state index in [9.17, 15) is 9.59 Å². The second-order valence-corrected chi connectivity index (χ2v) is 2.53. The van der Waals surface area contributed by atoms with Gasteiger partial charge in [-0.2, -0.15) is 0 Å². The third-order valence-corrected chi connectivity index (χ3v) is 0.826. The molecule has 0 radical (unpaired) electrons. The zero-order valence-electron chi connectivity index (χ0n) is 6.33. The number of ether oxygens (including phenoxy) is 1. The van der Waals surface area contributed by atoms with Crippen molar-refractivity contribution in [2.45, 2.75) is 19.4 Å². The molecule has 0 spiro atoms. The SMILES string of the molecule is CC(C)(O)C(=O)OCC(=O)O. The van der Waals surface area contributed by atoms with E-state index in [0.717, 1.165) is 0 Å². The maximum absolute atomic E-state index is 10.6. The first-order chi connectivity index (χ1) is 4.84. The number of hydrogen-bond donors (Lipinski definition) is 2. The van der Waals surface area contributed by atoms with Crippen LogP contribution in [-0.2, 0) is 14.3 Å². The quantitative estimate of drug-likeness (QED) is 0.540. The predicted octanol–water partition coefficient (Wildman–Crippen LogP) is -0.615. The molecule has 0 fully saturated rings. The summed E-state index contributed by atoms with van der Waals surface area (Å²) in [7, 11) is 0. The molecule has 0 aromatic heterocycles. The molecule has 0 saturated carbocycles. The van der Waals surface area contributed by atoms with E-state index in [2.05, 4.69) is 4.74 Å². The second-order valence-electron chi connectivity index (χ2n) is 2.53. The van der Waals surface area contributed by atoms with Gasteiger partial charge in [0.05, 0.1) is 0 Å². The Morgan fingerprint density at radius 3 is 2.18 bits per heavy atom. The van der Waals surface area contributed by atoms with E-state index in [1.54, 1.807) is 0 Å². The zero-order chi connectivity index (χ0) is 9.07. The van der Waals surface area contributed by atoms with Crippen LogP contribution in [0.5, 0.6) is 0 Å². The van der Waals surface area contributed by atoms with Crippen molar-refractivity contribution in [2.75, 3.05) is 6.61 Å². The molecule has 2 N–H and O–H groups in total. The van der Waals surface area contributed by atoms with Gasteiger partial charge in [-0.1, -0.05) is 0 Å². The summed E-state index contributed by atoms with van der Waals surface area (Å²) in [6.45, 7) is 1.72. The molecule has 64 valence electrons. The first-order valence-electron chi connectivity index (χ1n) is 2.95. The molecule has 0 aromatic rings. The Kier molecular flexibility index (Phi) is 3.00. The largest absolute Gasteiger partial charge is 0.479 e. The summed E-state index contributed by atoms with van der Waals surface area (Å²) < 4.78 is 4.18. The smallest absolute Gasteiger partial charge is 0.341 e. The van der Waals surface area contributed by atoms with Gasteiger partial charge in [-0.25, -0.2) is 9.59 Å². The fraction of sp³-hybridized carbons (Fsp3) is 0.667. The summed E-state index contributed by atoms with van der Waals surface area (Å²) in [5.41, 5.74) is -1.63. The van der Waals surface area contributed by atoms with E-state index < -0.39 is 24.1 Å². The van der Waals surface area contributed by atoms with Gasteiger partial charge in [-0.15, -0.1) is 0 Å². The van der Waals surface area contributed by atoms with Crippen LogP contribution in [0.15, 0.2) is 0 Å². The lowest BCUT2D eigenvalue weighted by atomic mass is 10.1. The third-order valence-electron chi connectivity index (χ3n) is 0.826. The molecule has 0 rings (SSSR count). The van der Waals surface area contributed by atoms with Crippen LogP contribution in [-0.4, -0.2) is 34.4 Å². The number of hydrogen-bond acceptors (Lipinski definition) is 4. The molecule has 5 nitrogen and oxygen atoms in total. The van der Waals surface area contributed by atoms with Crippen LogP contribution in [0.25, 0.3) is 0 Å². The second kappa shape index (κ2) is 3.34. The normalized spacial score (nSPS) is 10.8. The minimum absolute atomic E-state index is 0.719. The molecule has 0 aliphatic carbocycles. The van der Waals surface area contributed by atoms with Gasteiger partial charge in [0.2, 0.25) is 0 Å². The highest BCUT2D eigenvalue weighted by Gasteiger charge is 2.25. The van der Waals surface area contributed by atoms with Gasteiger partial charge < -0.3 is 14.9 Å². The lowest BCUT2D eigenvalue weighted by Gasteiger charge is -2.13. The highest BCUT2D eigenvalue weighted by Crippen LogP contribution is 2.02. The van der Waals surface area contributed by atoms with Crippen molar-refractivity contribution in [3.8, 4) is 0 Å². The predicted molar refractivity (Wildman–Crippen MR) is 34.9 cm³/mol. The van der Waals surface area contributed by atoms with Gasteiger partial charge in [-0.3, -0.25) is 0 Å². The summed E-state index contributed by atoms with van der Waals surface area (Å²) in [5.74, 6) is -2.19. The fourth-order valence-electron chi connectivity index (χ4n) is 0.304. The van der Waals surface area contributed by atoms with Gasteiger partial charge in [0.15, 0.2) is 12.2 Å². The Morgan fingerprint density at radius 2 is 1.91 bits per heavy atom. The molecule has 0 saturated heterocycles. The minimum atomic E-state index is -1.63. The molecule has 0 heterocycles. The summed E-state index contributed by atoms with van der Waals surface area (Å²) >= 11 is 0. The summed E-state index contributed by atoms with van der Waals surface area (Å²) in [6.07, 6.45) is 0. The van der Waals surface area contributed by atoms with Gasteiger partial charge >= 0.3 is 11.9 Å². The van der Waals surface area contributed by atoms with Crippen molar-refractivity contribution in [1.82, 2.24) is 0 Å². The van der Waals surface area contributed by atoms with E-state index in [1.807, 2.05) is 0 Å². The number of esters is 1. The average molecular weight is 162 g/mol. The Bertz CT molecular complexity index is 166. The monoisotopic (exact) mass is 162 g/mol. The molecule has 0 aliphatic rings. The number of carboxylic acids is 1. The van der Waals surface area contributed by atoms with Crippen LogP contribution in [0.2, 0.25) is 0 Å². The lowest BCUT2D eigenvalue weighted by molar-refractivity contribution is -0.167. The number of aliphatic carboxylic acids is 1. The number of carbonyl (C=O) groups excluding carboxylic acids is 1. The number of carboxylic acid groups (broad SMARTS) is 1. The lowest BCUT2D eigenvalue weighted by Crippen LogP contribution is -2.34. The van der Waals surface area contributed by atoms with Crippen molar-refractivity contribution in [3.05, 3.63) is 0 Å². The van der Waals surface area contributed by atoms with Gasteiger partial charge in [0.25, 0.3) is 0 Å². The molecule has 11 heavy (non-hydrogen) atoms. The first-order valence-corrected chi connectivity index (χ1v) is 2.95. The Hall–Kier alpha value is -1.10. The first kappa shape index (κ1) is 9.90. The molecule has 0 aromatic carbocycles. The Balaban J connectivity index is 3.80. The van der Waals surface area contributed by atoms with Crippen LogP contribution >= 0.6 is 0 Å². The van der Waals surface area contributed by atoms with Crippen molar-refractivity contribution < 1.29 is 24.5 Å². The van der Waals surface area contributed by atoms with Gasteiger partial charge in [0, 0.05) is 0 Å². The third kappa shape index (κ3) is 4.32. The molecule has 0 bridgehead atoms. The van der Waals surface area contributed by atoms with E-state index in [0.29, 0.717) is 0 Å². The van der Waals surface area contributed by atoms with Crippen molar-refractivity contribution in [3.63, 3.8) is 0 Å². The Labute approximate surface area is 63.6 Å². The van der Waals surface area contributed by atoms with Crippen LogP contribution < -0.4 is 0 Å². The van der Waals surface area contributed by atoms with Crippen molar-refractivity contribution >= 4 is 11.9 Å². The molecule has 0 amide bonds. The standard InChI is InChI=1S/C6H10O5/c1-6(2,10)5(9)11-3-4(7)8/h10H,3H2,1-2H3,(H,7,8). The number of aliphatic hydroxyl groups is 1. The maximum Gasteiger partial charge on any atom is 0.341 e. The van der Waals surface area contributed by atoms with E-state index in [1.165, 1.54) is 13.8 Å². The summed E-state index contributed by atoms with van der Waals surface area (Å²) in [5, 5.41) is 17.0. The summed E-state index contributed by atoms with van der Waals surface area (Å²) in [4.78, 5) is 20.5. The number of rotatable bonds is 3. The van der Waals surface area contributed by atoms with Crippen LogP contribution in [0.1, 0.15) is 13.8 Å². The van der Waals surface area contributed by atoms with Crippen LogP contribution in [0.3, 0.4) is 0 Å². The molecule has 0 aliphatic heterocycles. The number of carbonyl (C=O) groups is 2. The topological polar surface area (TPSA) is 83.8 Å². The highest BCUT2D eigenvalue weighted by molar-refractivity contribution is 5.80. The molecule has 0 atom stereocenters. The zero-order valence-corrected chi connectivity index (χ0v) is 6.33. The van der Waals surface area contributed by atoms with E-state index >= 15 is 0 Å². The van der Waals surface area contributed by atoms with Gasteiger partial charge in [-0.05, 0) is 13.8 Å². The van der Waals surface area contributed by atoms with Crippen LogP contribution in [0, 0.1) is 0 Å². The van der Waals surface area contributed by atoms with Crippen LogP contribution in [0.4, 0.5) is 0 Å². The molecular formula is C6H10O5. The fourth-order valence-corrected chi connectivity index (χ4v) is 0.304. The molecular weight excluding hydrogens is 152 g/mol. The summed E-state index contributed by atoms with van der Waals surface area (Å²) in [6, 6.07) is 0. The van der Waals surface area contributed by atoms with E-state index in [-0.39, 0.29) is 0 Å². The molecule has 0 unspecified atom stereocenters. The highest BCUT2D eigenvalue weighted by atomic mass is 16.6. The van der Waals surface area contributed by atoms with Crippen molar-refractivity contribution in [1.29, 1.82) is 0 Å². The Morgan fingerprint density at radius 1 is 1.45 bits per heavy atom.